The van der Waals surface area contributed by atoms with Crippen LogP contribution in [0.1, 0.15) is 16.1 Å². The summed E-state index contributed by atoms with van der Waals surface area (Å²) in [7, 11) is 1.43. The maximum Gasteiger partial charge on any atom is 0.260 e. The third-order valence-corrected chi connectivity index (χ3v) is 3.39. The van der Waals surface area contributed by atoms with Gasteiger partial charge >= 0.3 is 0 Å². The number of carbonyl (C=O) groups excluding carboxylic acids is 1. The summed E-state index contributed by atoms with van der Waals surface area (Å²) >= 11 is 7.36. The van der Waals surface area contributed by atoms with E-state index in [4.69, 9.17) is 16.3 Å². The molecule has 2 heterocycles. The van der Waals surface area contributed by atoms with Crippen molar-refractivity contribution in [1.29, 1.82) is 0 Å². The van der Waals surface area contributed by atoms with Gasteiger partial charge in [0.1, 0.15) is 10.7 Å². The molecule has 2 aromatic heterocycles. The fourth-order valence-electron chi connectivity index (χ4n) is 1.59. The second-order valence-electron chi connectivity index (χ2n) is 3.89. The quantitative estimate of drug-likeness (QED) is 0.516. The minimum atomic E-state index is -0.407. The van der Waals surface area contributed by atoms with Crippen LogP contribution in [0.3, 0.4) is 0 Å². The molecule has 0 fully saturated rings. The van der Waals surface area contributed by atoms with Crippen molar-refractivity contribution >= 4 is 29.3 Å². The molecule has 0 saturated heterocycles. The summed E-state index contributed by atoms with van der Waals surface area (Å²) in [6.45, 7) is 0.281. The monoisotopic (exact) mass is 324 g/mol. The summed E-state index contributed by atoms with van der Waals surface area (Å²) in [5.74, 6) is -0.256. The molecule has 0 aliphatic heterocycles. The summed E-state index contributed by atoms with van der Waals surface area (Å²) in [5.41, 5.74) is 0.857. The zero-order chi connectivity index (χ0) is 15.2. The van der Waals surface area contributed by atoms with E-state index in [0.717, 1.165) is 5.69 Å². The highest BCUT2D eigenvalue weighted by molar-refractivity contribution is 7.98. The Morgan fingerprint density at radius 2 is 2.24 bits per heavy atom. The second-order valence-corrected chi connectivity index (χ2v) is 5.02. The SMILES string of the molecule is COc1nc(SC)nc(Cl)c1C(=O)NCc1ccccn1. The first-order valence-electron chi connectivity index (χ1n) is 5.99. The summed E-state index contributed by atoms with van der Waals surface area (Å²) in [6, 6.07) is 5.46. The number of methoxy groups -OCH3 is 1. The van der Waals surface area contributed by atoms with Crippen molar-refractivity contribution in [2.75, 3.05) is 13.4 Å². The number of pyridine rings is 1. The number of hydrogen-bond donors (Lipinski definition) is 1. The van der Waals surface area contributed by atoms with Crippen LogP contribution in [0, 0.1) is 0 Å². The van der Waals surface area contributed by atoms with Gasteiger partial charge < -0.3 is 10.1 Å². The first kappa shape index (κ1) is 15.5. The van der Waals surface area contributed by atoms with E-state index in [9.17, 15) is 4.79 Å². The van der Waals surface area contributed by atoms with Crippen molar-refractivity contribution < 1.29 is 9.53 Å². The van der Waals surface area contributed by atoms with E-state index in [1.54, 1.807) is 12.3 Å². The van der Waals surface area contributed by atoms with Crippen molar-refractivity contribution in [2.24, 2.45) is 0 Å². The van der Waals surface area contributed by atoms with Gasteiger partial charge in [0.2, 0.25) is 5.88 Å². The molecule has 0 atom stereocenters. The number of aromatic nitrogens is 3. The van der Waals surface area contributed by atoms with Gasteiger partial charge in [-0.05, 0) is 18.4 Å². The van der Waals surface area contributed by atoms with Gasteiger partial charge in [0.25, 0.3) is 5.91 Å². The highest BCUT2D eigenvalue weighted by Crippen LogP contribution is 2.25. The number of nitrogens with zero attached hydrogens (tertiary/aromatic N) is 3. The Balaban J connectivity index is 2.19. The Kier molecular flexibility index (Phi) is 5.35. The predicted molar refractivity (Wildman–Crippen MR) is 80.8 cm³/mol. The van der Waals surface area contributed by atoms with Crippen LogP contribution >= 0.6 is 23.4 Å². The molecule has 110 valence electrons. The molecule has 0 radical (unpaired) electrons. The summed E-state index contributed by atoms with van der Waals surface area (Å²) in [6.07, 6.45) is 3.47. The smallest absolute Gasteiger partial charge is 0.260 e. The molecule has 2 aromatic rings. The normalized spacial score (nSPS) is 10.2. The third-order valence-electron chi connectivity index (χ3n) is 2.57. The van der Waals surface area contributed by atoms with Crippen molar-refractivity contribution in [1.82, 2.24) is 20.3 Å². The molecule has 0 spiro atoms. The predicted octanol–water partition coefficient (Wildman–Crippen LogP) is 2.19. The fourth-order valence-corrected chi connectivity index (χ4v) is 2.24. The molecule has 2 rings (SSSR count). The van der Waals surface area contributed by atoms with Crippen LogP contribution in [0.2, 0.25) is 5.15 Å². The molecule has 0 aliphatic carbocycles. The van der Waals surface area contributed by atoms with Crippen LogP contribution in [0.4, 0.5) is 0 Å². The molecule has 0 aliphatic rings. The number of nitrogens with one attached hydrogen (secondary N) is 1. The fraction of sp³-hybridized carbons (Fsp3) is 0.231. The van der Waals surface area contributed by atoms with E-state index in [1.807, 2.05) is 18.4 Å². The summed E-state index contributed by atoms with van der Waals surface area (Å²) in [4.78, 5) is 24.5. The van der Waals surface area contributed by atoms with Crippen LogP contribution in [0.15, 0.2) is 29.6 Å². The average molecular weight is 325 g/mol. The Bertz CT molecular complexity index is 640. The first-order chi connectivity index (χ1) is 10.2. The number of hydrogen-bond acceptors (Lipinski definition) is 6. The van der Waals surface area contributed by atoms with Gasteiger partial charge in [0.15, 0.2) is 5.16 Å². The van der Waals surface area contributed by atoms with Crippen molar-refractivity contribution in [2.45, 2.75) is 11.7 Å². The number of halogens is 1. The lowest BCUT2D eigenvalue weighted by Crippen LogP contribution is -2.25. The first-order valence-corrected chi connectivity index (χ1v) is 7.59. The van der Waals surface area contributed by atoms with Crippen LogP contribution in [0.5, 0.6) is 5.88 Å². The zero-order valence-corrected chi connectivity index (χ0v) is 13.0. The second kappa shape index (κ2) is 7.24. The third kappa shape index (κ3) is 3.83. The number of amides is 1. The van der Waals surface area contributed by atoms with Crippen molar-refractivity contribution in [3.05, 3.63) is 40.8 Å². The average Bonchev–Trinajstić information content (AvgIpc) is 2.52. The highest BCUT2D eigenvalue weighted by atomic mass is 35.5. The van der Waals surface area contributed by atoms with Crippen LogP contribution < -0.4 is 10.1 Å². The van der Waals surface area contributed by atoms with E-state index >= 15 is 0 Å². The molecule has 1 N–H and O–H groups in total. The van der Waals surface area contributed by atoms with Gasteiger partial charge in [-0.15, -0.1) is 0 Å². The van der Waals surface area contributed by atoms with Gasteiger partial charge in [-0.2, -0.15) is 4.98 Å². The van der Waals surface area contributed by atoms with E-state index in [2.05, 4.69) is 20.3 Å². The zero-order valence-electron chi connectivity index (χ0n) is 11.5. The Labute approximate surface area is 131 Å². The standard InChI is InChI=1S/C13H13ClN4O2S/c1-20-12-9(10(14)17-13(18-12)21-2)11(19)16-7-8-5-3-4-6-15-8/h3-6H,7H2,1-2H3,(H,16,19). The largest absolute Gasteiger partial charge is 0.480 e. The molecule has 0 bridgehead atoms. The molecular formula is C13H13ClN4O2S. The minimum Gasteiger partial charge on any atom is -0.480 e. The molecule has 1 amide bonds. The van der Waals surface area contributed by atoms with Crippen molar-refractivity contribution in [3.8, 4) is 5.88 Å². The lowest BCUT2D eigenvalue weighted by atomic mass is 10.3. The Hall–Kier alpha value is -1.86. The van der Waals surface area contributed by atoms with E-state index < -0.39 is 5.91 Å². The minimum absolute atomic E-state index is 0.0599. The maximum atomic E-state index is 12.2. The summed E-state index contributed by atoms with van der Waals surface area (Å²) in [5, 5.41) is 3.22. The number of carbonyl (C=O) groups is 1. The molecule has 0 unspecified atom stereocenters. The molecular weight excluding hydrogens is 312 g/mol. The van der Waals surface area contributed by atoms with E-state index in [-0.39, 0.29) is 23.1 Å². The molecule has 0 saturated carbocycles. The van der Waals surface area contributed by atoms with Gasteiger partial charge in [-0.25, -0.2) is 4.98 Å². The van der Waals surface area contributed by atoms with Gasteiger partial charge in [-0.1, -0.05) is 29.4 Å². The van der Waals surface area contributed by atoms with E-state index in [1.165, 1.54) is 18.9 Å². The van der Waals surface area contributed by atoms with Gasteiger partial charge in [0.05, 0.1) is 19.3 Å². The van der Waals surface area contributed by atoms with Crippen molar-refractivity contribution in [3.63, 3.8) is 0 Å². The Morgan fingerprint density at radius 3 is 2.86 bits per heavy atom. The highest BCUT2D eigenvalue weighted by Gasteiger charge is 2.20. The number of rotatable bonds is 5. The van der Waals surface area contributed by atoms with Gasteiger partial charge in [-0.3, -0.25) is 9.78 Å². The maximum absolute atomic E-state index is 12.2. The van der Waals surface area contributed by atoms with Crippen LogP contribution in [-0.4, -0.2) is 34.2 Å². The topological polar surface area (TPSA) is 77.0 Å². The Morgan fingerprint density at radius 1 is 1.43 bits per heavy atom. The molecule has 21 heavy (non-hydrogen) atoms. The molecule has 0 aromatic carbocycles. The number of thioether (sulfide) groups is 1. The molecule has 6 nitrogen and oxygen atoms in total. The molecule has 8 heteroatoms. The van der Waals surface area contributed by atoms with Gasteiger partial charge in [0, 0.05) is 6.20 Å². The lowest BCUT2D eigenvalue weighted by Gasteiger charge is -2.10. The van der Waals surface area contributed by atoms with E-state index in [0.29, 0.717) is 5.16 Å². The van der Waals surface area contributed by atoms with Crippen LogP contribution in [0.25, 0.3) is 0 Å². The summed E-state index contributed by atoms with van der Waals surface area (Å²) < 4.78 is 5.12. The number of ether oxygens (including phenoxy) is 1. The lowest BCUT2D eigenvalue weighted by molar-refractivity contribution is 0.0946. The van der Waals surface area contributed by atoms with Crippen LogP contribution in [-0.2, 0) is 6.54 Å².